The van der Waals surface area contributed by atoms with Gasteiger partial charge in [-0.1, -0.05) is 29.8 Å². The summed E-state index contributed by atoms with van der Waals surface area (Å²) in [6, 6.07) is 15.1. The Morgan fingerprint density at radius 2 is 1.71 bits per heavy atom. The Morgan fingerprint density at radius 3 is 2.39 bits per heavy atom. The molecule has 164 valence electrons. The van der Waals surface area contributed by atoms with Gasteiger partial charge < -0.3 is 14.5 Å². The van der Waals surface area contributed by atoms with E-state index >= 15 is 0 Å². The standard InChI is InChI=1S/C24H30N4O3/c1-4-31-22-8-6-5-7-21(22)26-15-13-25(14-16-26)17-27-23(29)19(3)28(24(27)30)20-11-9-18(2)10-12-20/h5-12,19H,4,13-17H2,1-3H3/p+1/t19-/m1/s1. The first-order valence-corrected chi connectivity index (χ1v) is 11.0. The molecule has 2 aliphatic heterocycles. The van der Waals surface area contributed by atoms with Crippen LogP contribution in [0.3, 0.4) is 0 Å². The Bertz CT molecular complexity index is 938. The van der Waals surface area contributed by atoms with Crippen LogP contribution in [0.15, 0.2) is 48.5 Å². The number of carbonyl (C=O) groups excluding carboxylic acids is 2. The van der Waals surface area contributed by atoms with Gasteiger partial charge in [0.1, 0.15) is 11.8 Å². The second kappa shape index (κ2) is 8.98. The average molecular weight is 424 g/mol. The smallest absolute Gasteiger partial charge is 0.336 e. The topological polar surface area (TPSA) is 57.5 Å². The Kier molecular flexibility index (Phi) is 6.13. The number of aryl methyl sites for hydroxylation is 1. The largest absolute Gasteiger partial charge is 0.492 e. The Morgan fingerprint density at radius 1 is 1.03 bits per heavy atom. The zero-order chi connectivity index (χ0) is 22.0. The lowest BCUT2D eigenvalue weighted by molar-refractivity contribution is -0.907. The Balaban J connectivity index is 1.40. The fraction of sp³-hybridized carbons (Fsp3) is 0.417. The lowest BCUT2D eigenvalue weighted by Crippen LogP contribution is -3.16. The summed E-state index contributed by atoms with van der Waals surface area (Å²) in [4.78, 5) is 32.5. The first-order valence-electron chi connectivity index (χ1n) is 11.0. The lowest BCUT2D eigenvalue weighted by Gasteiger charge is -2.35. The highest BCUT2D eigenvalue weighted by molar-refractivity contribution is 6.13. The summed E-state index contributed by atoms with van der Waals surface area (Å²) in [6.45, 7) is 10.3. The highest BCUT2D eigenvalue weighted by atomic mass is 16.5. The molecule has 0 bridgehead atoms. The molecule has 1 atom stereocenters. The number of anilines is 2. The van der Waals surface area contributed by atoms with Crippen molar-refractivity contribution in [2.75, 3.05) is 49.3 Å². The van der Waals surface area contributed by atoms with Crippen LogP contribution in [-0.4, -0.2) is 62.3 Å². The summed E-state index contributed by atoms with van der Waals surface area (Å²) in [6.07, 6.45) is 0. The number of hydrogen-bond acceptors (Lipinski definition) is 4. The molecule has 7 nitrogen and oxygen atoms in total. The van der Waals surface area contributed by atoms with Gasteiger partial charge >= 0.3 is 6.03 Å². The number of nitrogens with one attached hydrogen (secondary N) is 1. The first-order chi connectivity index (χ1) is 15.0. The molecule has 2 fully saturated rings. The van der Waals surface area contributed by atoms with Crippen LogP contribution in [0.1, 0.15) is 19.4 Å². The van der Waals surface area contributed by atoms with Gasteiger partial charge in [-0.15, -0.1) is 0 Å². The molecule has 0 radical (unpaired) electrons. The van der Waals surface area contributed by atoms with Gasteiger partial charge in [-0.05, 0) is 45.0 Å². The maximum Gasteiger partial charge on any atom is 0.336 e. The monoisotopic (exact) mass is 423 g/mol. The van der Waals surface area contributed by atoms with Crippen molar-refractivity contribution in [3.63, 3.8) is 0 Å². The van der Waals surface area contributed by atoms with Crippen molar-refractivity contribution >= 4 is 23.3 Å². The molecule has 0 spiro atoms. The van der Waals surface area contributed by atoms with Gasteiger partial charge in [0.2, 0.25) is 0 Å². The zero-order valence-corrected chi connectivity index (χ0v) is 18.5. The number of benzene rings is 2. The maximum absolute atomic E-state index is 13.1. The second-order valence-electron chi connectivity index (χ2n) is 8.23. The second-order valence-corrected chi connectivity index (χ2v) is 8.23. The number of carbonyl (C=O) groups is 2. The quantitative estimate of drug-likeness (QED) is 0.722. The lowest BCUT2D eigenvalue weighted by atomic mass is 10.2. The molecular formula is C24H31N4O3+. The number of ether oxygens (including phenoxy) is 1. The number of nitrogens with zero attached hydrogens (tertiary/aromatic N) is 3. The van der Waals surface area contributed by atoms with Crippen LogP contribution in [0.5, 0.6) is 5.75 Å². The van der Waals surface area contributed by atoms with Crippen LogP contribution in [0, 0.1) is 6.92 Å². The summed E-state index contributed by atoms with van der Waals surface area (Å²) in [5.74, 6) is 0.781. The number of urea groups is 1. The predicted molar refractivity (Wildman–Crippen MR) is 121 cm³/mol. The minimum Gasteiger partial charge on any atom is -0.492 e. The number of amides is 3. The fourth-order valence-corrected chi connectivity index (χ4v) is 4.35. The van der Waals surface area contributed by atoms with Crippen LogP contribution >= 0.6 is 0 Å². The maximum atomic E-state index is 13.1. The van der Waals surface area contributed by atoms with Crippen LogP contribution in [-0.2, 0) is 4.79 Å². The van der Waals surface area contributed by atoms with Crippen LogP contribution < -0.4 is 19.4 Å². The molecule has 0 aliphatic carbocycles. The molecule has 31 heavy (non-hydrogen) atoms. The Labute approximate surface area is 183 Å². The third-order valence-corrected chi connectivity index (χ3v) is 6.12. The molecule has 7 heteroatoms. The molecule has 2 saturated heterocycles. The summed E-state index contributed by atoms with van der Waals surface area (Å²) in [7, 11) is 0. The van der Waals surface area contributed by atoms with Crippen LogP contribution in [0.4, 0.5) is 16.2 Å². The number of imide groups is 1. The van der Waals surface area contributed by atoms with E-state index in [1.165, 1.54) is 9.80 Å². The van der Waals surface area contributed by atoms with Gasteiger partial charge in [0, 0.05) is 5.69 Å². The molecular weight excluding hydrogens is 392 g/mol. The molecule has 4 rings (SSSR count). The minimum absolute atomic E-state index is 0.123. The summed E-state index contributed by atoms with van der Waals surface area (Å²) in [5, 5.41) is 0. The predicted octanol–water partition coefficient (Wildman–Crippen LogP) is 1.91. The van der Waals surface area contributed by atoms with Crippen molar-refractivity contribution in [1.82, 2.24) is 4.90 Å². The normalized spacial score (nSPS) is 20.0. The van der Waals surface area contributed by atoms with Crippen molar-refractivity contribution < 1.29 is 19.2 Å². The van der Waals surface area contributed by atoms with Gasteiger partial charge in [0.15, 0.2) is 6.67 Å². The molecule has 0 saturated carbocycles. The minimum atomic E-state index is -0.478. The third kappa shape index (κ3) is 4.23. The molecule has 2 aromatic rings. The Hall–Kier alpha value is -3.06. The highest BCUT2D eigenvalue weighted by Crippen LogP contribution is 2.28. The molecule has 1 N–H and O–H groups in total. The van der Waals surface area contributed by atoms with Crippen LogP contribution in [0.25, 0.3) is 0 Å². The van der Waals surface area contributed by atoms with E-state index in [0.717, 1.165) is 48.9 Å². The molecule has 2 aromatic carbocycles. The number of quaternary nitrogens is 1. The molecule has 2 heterocycles. The van der Waals surface area contributed by atoms with Crippen molar-refractivity contribution in [2.24, 2.45) is 0 Å². The number of rotatable bonds is 6. The fourth-order valence-electron chi connectivity index (χ4n) is 4.35. The van der Waals surface area contributed by atoms with E-state index in [1.807, 2.05) is 56.3 Å². The van der Waals surface area contributed by atoms with Crippen molar-refractivity contribution in [3.05, 3.63) is 54.1 Å². The van der Waals surface area contributed by atoms with E-state index < -0.39 is 6.04 Å². The molecule has 0 aromatic heterocycles. The third-order valence-electron chi connectivity index (χ3n) is 6.12. The first kappa shape index (κ1) is 21.2. The average Bonchev–Trinajstić information content (AvgIpc) is 2.99. The van der Waals surface area contributed by atoms with Gasteiger partial charge in [0.25, 0.3) is 5.91 Å². The van der Waals surface area contributed by atoms with Gasteiger partial charge in [-0.3, -0.25) is 9.69 Å². The van der Waals surface area contributed by atoms with E-state index in [9.17, 15) is 9.59 Å². The zero-order valence-electron chi connectivity index (χ0n) is 18.5. The molecule has 2 aliphatic rings. The molecule has 0 unspecified atom stereocenters. The number of piperazine rings is 1. The summed E-state index contributed by atoms with van der Waals surface area (Å²) < 4.78 is 5.77. The van der Waals surface area contributed by atoms with Crippen molar-refractivity contribution in [2.45, 2.75) is 26.8 Å². The number of hydrogen-bond donors (Lipinski definition) is 1. The van der Waals surface area contributed by atoms with Crippen molar-refractivity contribution in [1.29, 1.82) is 0 Å². The van der Waals surface area contributed by atoms with Crippen LogP contribution in [0.2, 0.25) is 0 Å². The SMILES string of the molecule is CCOc1ccccc1N1CC[NH+](CN2C(=O)[C@@H](C)N(c3ccc(C)cc3)C2=O)CC1. The van der Waals surface area contributed by atoms with E-state index in [1.54, 1.807) is 11.8 Å². The summed E-state index contributed by atoms with van der Waals surface area (Å²) in [5.41, 5.74) is 3.00. The van der Waals surface area contributed by atoms with E-state index in [4.69, 9.17) is 4.74 Å². The van der Waals surface area contributed by atoms with Gasteiger partial charge in [-0.25, -0.2) is 9.69 Å². The van der Waals surface area contributed by atoms with Crippen molar-refractivity contribution in [3.8, 4) is 5.75 Å². The number of para-hydroxylation sites is 2. The molecule has 3 amide bonds. The highest BCUT2D eigenvalue weighted by Gasteiger charge is 2.45. The van der Waals surface area contributed by atoms with E-state index in [0.29, 0.717) is 13.3 Å². The van der Waals surface area contributed by atoms with Gasteiger partial charge in [-0.2, -0.15) is 0 Å². The van der Waals surface area contributed by atoms with Gasteiger partial charge in [0.05, 0.1) is 38.5 Å². The van der Waals surface area contributed by atoms with E-state index in [-0.39, 0.29) is 11.9 Å². The van der Waals surface area contributed by atoms with E-state index in [2.05, 4.69) is 11.0 Å². The summed E-state index contributed by atoms with van der Waals surface area (Å²) >= 11 is 0.